The Morgan fingerprint density at radius 2 is 2.21 bits per heavy atom. The molecule has 102 valence electrons. The van der Waals surface area contributed by atoms with Gasteiger partial charge in [-0.1, -0.05) is 28.1 Å². The molecular weight excluding hydrogens is 306 g/mol. The molecule has 0 spiro atoms. The van der Waals surface area contributed by atoms with E-state index in [9.17, 15) is 4.79 Å². The minimum absolute atomic E-state index is 0.0766. The largest absolute Gasteiger partial charge is 0.381 e. The highest BCUT2D eigenvalue weighted by molar-refractivity contribution is 9.10. The molecule has 19 heavy (non-hydrogen) atoms. The molecular formula is C15H18BrNO2. The van der Waals surface area contributed by atoms with Crippen LogP contribution in [-0.4, -0.2) is 30.1 Å². The first-order chi connectivity index (χ1) is 9.24. The van der Waals surface area contributed by atoms with Gasteiger partial charge in [0, 0.05) is 23.7 Å². The van der Waals surface area contributed by atoms with E-state index in [1.165, 1.54) is 5.56 Å². The minimum atomic E-state index is 0.0766. The van der Waals surface area contributed by atoms with Gasteiger partial charge in [-0.25, -0.2) is 0 Å². The molecule has 3 rings (SSSR count). The number of carbonyl (C=O) groups excluding carboxylic acids is 1. The maximum atomic E-state index is 12.6. The minimum Gasteiger partial charge on any atom is -0.381 e. The van der Waals surface area contributed by atoms with E-state index in [4.69, 9.17) is 4.74 Å². The van der Waals surface area contributed by atoms with Crippen molar-refractivity contribution in [1.29, 1.82) is 0 Å². The smallest absolute Gasteiger partial charge is 0.228 e. The predicted octanol–water partition coefficient (Wildman–Crippen LogP) is 2.98. The molecule has 0 bridgehead atoms. The van der Waals surface area contributed by atoms with Crippen LogP contribution in [0.4, 0.5) is 0 Å². The average Bonchev–Trinajstić information content (AvgIpc) is 3.09. The van der Waals surface area contributed by atoms with Crippen LogP contribution in [0.25, 0.3) is 0 Å². The van der Waals surface area contributed by atoms with Gasteiger partial charge in [-0.3, -0.25) is 4.79 Å². The topological polar surface area (TPSA) is 29.5 Å². The van der Waals surface area contributed by atoms with E-state index in [2.05, 4.69) is 33.0 Å². The van der Waals surface area contributed by atoms with Gasteiger partial charge < -0.3 is 9.64 Å². The third-order valence-electron chi connectivity index (χ3n) is 3.79. The summed E-state index contributed by atoms with van der Waals surface area (Å²) in [6, 6.07) is 8.66. The summed E-state index contributed by atoms with van der Waals surface area (Å²) in [5.74, 6) is 0.354. The fourth-order valence-corrected chi connectivity index (χ4v) is 3.02. The zero-order valence-corrected chi connectivity index (χ0v) is 12.4. The lowest BCUT2D eigenvalue weighted by atomic mass is 10.1. The SMILES string of the molecule is O=C(C1CCOC1)N(Cc1cccc(Br)c1)C1CC1. The Morgan fingerprint density at radius 3 is 2.84 bits per heavy atom. The summed E-state index contributed by atoms with van der Waals surface area (Å²) in [5.41, 5.74) is 1.19. The van der Waals surface area contributed by atoms with Crippen molar-refractivity contribution in [3.05, 3.63) is 34.3 Å². The van der Waals surface area contributed by atoms with Gasteiger partial charge in [0.15, 0.2) is 0 Å². The van der Waals surface area contributed by atoms with E-state index >= 15 is 0 Å². The molecule has 0 radical (unpaired) electrons. The van der Waals surface area contributed by atoms with Crippen molar-refractivity contribution in [3.63, 3.8) is 0 Å². The number of carbonyl (C=O) groups is 1. The van der Waals surface area contributed by atoms with Gasteiger partial charge in [0.1, 0.15) is 0 Å². The van der Waals surface area contributed by atoms with Crippen LogP contribution in [0.2, 0.25) is 0 Å². The van der Waals surface area contributed by atoms with Crippen molar-refractivity contribution in [2.45, 2.75) is 31.8 Å². The number of benzene rings is 1. The standard InChI is InChI=1S/C15H18BrNO2/c16-13-3-1-2-11(8-13)9-17(14-4-5-14)15(18)12-6-7-19-10-12/h1-3,8,12,14H,4-7,9-10H2. The van der Waals surface area contributed by atoms with Gasteiger partial charge in [-0.15, -0.1) is 0 Å². The normalized spacial score (nSPS) is 22.5. The number of hydrogen-bond acceptors (Lipinski definition) is 2. The van der Waals surface area contributed by atoms with E-state index in [0.29, 0.717) is 12.6 Å². The Kier molecular flexibility index (Phi) is 3.89. The highest BCUT2D eigenvalue weighted by Gasteiger charge is 2.36. The van der Waals surface area contributed by atoms with Crippen molar-refractivity contribution in [2.75, 3.05) is 13.2 Å². The molecule has 1 saturated heterocycles. The van der Waals surface area contributed by atoms with Gasteiger partial charge in [-0.05, 0) is 37.0 Å². The van der Waals surface area contributed by atoms with Crippen molar-refractivity contribution in [3.8, 4) is 0 Å². The second kappa shape index (κ2) is 5.63. The summed E-state index contributed by atoms with van der Waals surface area (Å²) in [5, 5.41) is 0. The predicted molar refractivity (Wildman–Crippen MR) is 76.6 cm³/mol. The number of rotatable bonds is 4. The van der Waals surface area contributed by atoms with Crippen molar-refractivity contribution >= 4 is 21.8 Å². The number of amides is 1. The lowest BCUT2D eigenvalue weighted by Crippen LogP contribution is -2.37. The van der Waals surface area contributed by atoms with Crippen molar-refractivity contribution < 1.29 is 9.53 Å². The maximum absolute atomic E-state index is 12.6. The quantitative estimate of drug-likeness (QED) is 0.852. The molecule has 1 aromatic rings. The molecule has 2 fully saturated rings. The number of hydrogen-bond donors (Lipinski definition) is 0. The van der Waals surface area contributed by atoms with E-state index in [0.717, 1.165) is 36.9 Å². The molecule has 1 unspecified atom stereocenters. The van der Waals surface area contributed by atoms with E-state index in [-0.39, 0.29) is 11.8 Å². The first kappa shape index (κ1) is 13.1. The van der Waals surface area contributed by atoms with Crippen molar-refractivity contribution in [1.82, 2.24) is 4.90 Å². The van der Waals surface area contributed by atoms with Crippen LogP contribution in [0, 0.1) is 5.92 Å². The molecule has 2 aliphatic rings. The zero-order valence-electron chi connectivity index (χ0n) is 10.8. The number of ether oxygens (including phenoxy) is 1. The summed E-state index contributed by atoms with van der Waals surface area (Å²) in [6.07, 6.45) is 3.17. The highest BCUT2D eigenvalue weighted by atomic mass is 79.9. The molecule has 0 N–H and O–H groups in total. The lowest BCUT2D eigenvalue weighted by Gasteiger charge is -2.25. The Balaban J connectivity index is 1.72. The molecule has 1 saturated carbocycles. The fraction of sp³-hybridized carbons (Fsp3) is 0.533. The molecule has 3 nitrogen and oxygen atoms in total. The van der Waals surface area contributed by atoms with Crippen LogP contribution in [0.1, 0.15) is 24.8 Å². The Morgan fingerprint density at radius 1 is 1.37 bits per heavy atom. The first-order valence-corrected chi connectivity index (χ1v) is 7.66. The summed E-state index contributed by atoms with van der Waals surface area (Å²) in [7, 11) is 0. The second-order valence-electron chi connectivity index (χ2n) is 5.39. The highest BCUT2D eigenvalue weighted by Crippen LogP contribution is 2.31. The molecule has 1 aromatic carbocycles. The van der Waals surface area contributed by atoms with Crippen LogP contribution in [-0.2, 0) is 16.1 Å². The summed E-state index contributed by atoms with van der Waals surface area (Å²) in [6.45, 7) is 2.05. The third-order valence-corrected chi connectivity index (χ3v) is 4.28. The molecule has 0 aromatic heterocycles. The van der Waals surface area contributed by atoms with Gasteiger partial charge in [0.05, 0.1) is 12.5 Å². The fourth-order valence-electron chi connectivity index (χ4n) is 2.57. The molecule has 1 aliphatic heterocycles. The van der Waals surface area contributed by atoms with E-state index < -0.39 is 0 Å². The monoisotopic (exact) mass is 323 g/mol. The van der Waals surface area contributed by atoms with Crippen LogP contribution in [0.15, 0.2) is 28.7 Å². The average molecular weight is 324 g/mol. The Hall–Kier alpha value is -0.870. The van der Waals surface area contributed by atoms with E-state index in [1.54, 1.807) is 0 Å². The van der Waals surface area contributed by atoms with E-state index in [1.807, 2.05) is 12.1 Å². The van der Waals surface area contributed by atoms with Crippen LogP contribution in [0.5, 0.6) is 0 Å². The molecule has 1 amide bonds. The first-order valence-electron chi connectivity index (χ1n) is 6.87. The van der Waals surface area contributed by atoms with Crippen LogP contribution < -0.4 is 0 Å². The Bertz CT molecular complexity index is 467. The van der Waals surface area contributed by atoms with Crippen LogP contribution >= 0.6 is 15.9 Å². The molecule has 4 heteroatoms. The third kappa shape index (κ3) is 3.18. The molecule has 1 heterocycles. The molecule has 1 aliphatic carbocycles. The summed E-state index contributed by atoms with van der Waals surface area (Å²) >= 11 is 3.48. The maximum Gasteiger partial charge on any atom is 0.228 e. The number of halogens is 1. The number of nitrogens with zero attached hydrogens (tertiary/aromatic N) is 1. The zero-order chi connectivity index (χ0) is 13.2. The molecule has 1 atom stereocenters. The lowest BCUT2D eigenvalue weighted by molar-refractivity contribution is -0.136. The van der Waals surface area contributed by atoms with Gasteiger partial charge in [-0.2, -0.15) is 0 Å². The second-order valence-corrected chi connectivity index (χ2v) is 6.30. The van der Waals surface area contributed by atoms with Gasteiger partial charge in [0.25, 0.3) is 0 Å². The van der Waals surface area contributed by atoms with Gasteiger partial charge in [0.2, 0.25) is 5.91 Å². The van der Waals surface area contributed by atoms with Crippen molar-refractivity contribution in [2.24, 2.45) is 5.92 Å². The summed E-state index contributed by atoms with van der Waals surface area (Å²) < 4.78 is 6.41. The summed E-state index contributed by atoms with van der Waals surface area (Å²) in [4.78, 5) is 14.6. The van der Waals surface area contributed by atoms with Crippen LogP contribution in [0.3, 0.4) is 0 Å². The Labute approximate surface area is 122 Å². The van der Waals surface area contributed by atoms with Gasteiger partial charge >= 0.3 is 0 Å².